The van der Waals surface area contributed by atoms with Gasteiger partial charge < -0.3 is 10.2 Å². The molecule has 1 aromatic rings. The van der Waals surface area contributed by atoms with E-state index in [4.69, 9.17) is 0 Å². The molecule has 0 atom stereocenters. The van der Waals surface area contributed by atoms with E-state index in [9.17, 15) is 4.39 Å². The number of hydrogen-bond acceptors (Lipinski definition) is 4. The van der Waals surface area contributed by atoms with Crippen LogP contribution in [-0.2, 0) is 0 Å². The summed E-state index contributed by atoms with van der Waals surface area (Å²) < 4.78 is 13.9. The highest BCUT2D eigenvalue weighted by Crippen LogP contribution is 2.32. The fourth-order valence-electron chi connectivity index (χ4n) is 1.99. The van der Waals surface area contributed by atoms with Crippen molar-refractivity contribution in [3.63, 3.8) is 0 Å². The van der Waals surface area contributed by atoms with Gasteiger partial charge in [-0.1, -0.05) is 13.8 Å². The predicted octanol–water partition coefficient (Wildman–Crippen LogP) is 2.67. The summed E-state index contributed by atoms with van der Waals surface area (Å²) in [6.07, 6.45) is 3.52. The predicted molar refractivity (Wildman–Crippen MR) is 71.4 cm³/mol. The lowest BCUT2D eigenvalue weighted by Crippen LogP contribution is -2.31. The van der Waals surface area contributed by atoms with Crippen LogP contribution < -0.4 is 10.2 Å². The SMILES string of the molecule is CCNc1ncc(F)c(N(CC(C)C)C2CC2)n1. The summed E-state index contributed by atoms with van der Waals surface area (Å²) in [7, 11) is 0. The van der Waals surface area contributed by atoms with E-state index >= 15 is 0 Å². The number of anilines is 2. The van der Waals surface area contributed by atoms with E-state index in [-0.39, 0.29) is 5.82 Å². The summed E-state index contributed by atoms with van der Waals surface area (Å²) in [5.41, 5.74) is 0. The molecular weight excluding hydrogens is 231 g/mol. The standard InChI is InChI=1S/C13H21FN4/c1-4-15-13-16-7-11(14)12(17-13)18(8-9(2)3)10-5-6-10/h7,9-10H,4-6,8H2,1-3H3,(H,15,16,17). The molecule has 0 saturated heterocycles. The molecule has 4 nitrogen and oxygen atoms in total. The van der Waals surface area contributed by atoms with Crippen molar-refractivity contribution >= 4 is 11.8 Å². The Morgan fingerprint density at radius 1 is 1.50 bits per heavy atom. The van der Waals surface area contributed by atoms with Crippen LogP contribution in [0.5, 0.6) is 0 Å². The van der Waals surface area contributed by atoms with Crippen molar-refractivity contribution in [2.24, 2.45) is 5.92 Å². The molecule has 1 heterocycles. The van der Waals surface area contributed by atoms with Crippen molar-refractivity contribution in [2.75, 3.05) is 23.3 Å². The number of rotatable bonds is 6. The van der Waals surface area contributed by atoms with Crippen LogP contribution in [0.1, 0.15) is 33.6 Å². The van der Waals surface area contributed by atoms with Crippen LogP contribution in [0.4, 0.5) is 16.2 Å². The van der Waals surface area contributed by atoms with Crippen LogP contribution in [0.2, 0.25) is 0 Å². The molecule has 0 bridgehead atoms. The Hall–Kier alpha value is -1.39. The molecule has 18 heavy (non-hydrogen) atoms. The Morgan fingerprint density at radius 2 is 2.22 bits per heavy atom. The van der Waals surface area contributed by atoms with Gasteiger partial charge in [0.25, 0.3) is 0 Å². The molecule has 1 N–H and O–H groups in total. The molecular formula is C13H21FN4. The van der Waals surface area contributed by atoms with Crippen molar-refractivity contribution in [1.82, 2.24) is 9.97 Å². The molecule has 2 rings (SSSR count). The normalized spacial score (nSPS) is 14.9. The van der Waals surface area contributed by atoms with Gasteiger partial charge in [0.15, 0.2) is 11.6 Å². The number of hydrogen-bond donors (Lipinski definition) is 1. The van der Waals surface area contributed by atoms with Gasteiger partial charge in [-0.25, -0.2) is 9.37 Å². The lowest BCUT2D eigenvalue weighted by atomic mass is 10.2. The molecule has 1 aliphatic carbocycles. The summed E-state index contributed by atoms with van der Waals surface area (Å²) in [6, 6.07) is 0.450. The third-order valence-corrected chi connectivity index (χ3v) is 2.88. The molecule has 0 spiro atoms. The molecule has 0 unspecified atom stereocenters. The van der Waals surface area contributed by atoms with Gasteiger partial charge in [0.1, 0.15) is 0 Å². The molecule has 0 aromatic carbocycles. The lowest BCUT2D eigenvalue weighted by molar-refractivity contribution is 0.566. The second-order valence-electron chi connectivity index (χ2n) is 5.17. The Bertz CT molecular complexity index is 404. The van der Waals surface area contributed by atoms with Crippen LogP contribution in [0.3, 0.4) is 0 Å². The fourth-order valence-corrected chi connectivity index (χ4v) is 1.99. The van der Waals surface area contributed by atoms with Crippen LogP contribution >= 0.6 is 0 Å². The minimum atomic E-state index is -0.329. The smallest absolute Gasteiger partial charge is 0.224 e. The number of aromatic nitrogens is 2. The highest BCUT2D eigenvalue weighted by molar-refractivity contribution is 5.46. The van der Waals surface area contributed by atoms with Crippen LogP contribution in [0.15, 0.2) is 6.20 Å². The number of nitrogens with one attached hydrogen (secondary N) is 1. The van der Waals surface area contributed by atoms with E-state index in [2.05, 4.69) is 34.0 Å². The zero-order valence-corrected chi connectivity index (χ0v) is 11.3. The largest absolute Gasteiger partial charge is 0.354 e. The quantitative estimate of drug-likeness (QED) is 0.845. The molecule has 1 aliphatic rings. The van der Waals surface area contributed by atoms with E-state index in [1.54, 1.807) is 0 Å². The average Bonchev–Trinajstić information content (AvgIpc) is 3.13. The minimum Gasteiger partial charge on any atom is -0.354 e. The van der Waals surface area contributed by atoms with Gasteiger partial charge in [-0.05, 0) is 25.7 Å². The van der Waals surface area contributed by atoms with E-state index < -0.39 is 0 Å². The Kier molecular flexibility index (Phi) is 3.99. The number of halogens is 1. The maximum atomic E-state index is 13.9. The van der Waals surface area contributed by atoms with Crippen LogP contribution in [-0.4, -0.2) is 29.1 Å². The summed E-state index contributed by atoms with van der Waals surface area (Å²) in [4.78, 5) is 10.3. The van der Waals surface area contributed by atoms with Crippen molar-refractivity contribution in [3.8, 4) is 0 Å². The second kappa shape index (κ2) is 5.50. The summed E-state index contributed by atoms with van der Waals surface area (Å²) in [5.74, 6) is 1.10. The lowest BCUT2D eigenvalue weighted by Gasteiger charge is -2.26. The first-order chi connectivity index (χ1) is 8.61. The van der Waals surface area contributed by atoms with Gasteiger partial charge in [-0.2, -0.15) is 4.98 Å². The molecule has 1 saturated carbocycles. The van der Waals surface area contributed by atoms with Crippen molar-refractivity contribution in [2.45, 2.75) is 39.7 Å². The molecule has 5 heteroatoms. The van der Waals surface area contributed by atoms with E-state index in [1.165, 1.54) is 6.20 Å². The molecule has 1 aromatic heterocycles. The number of nitrogens with zero attached hydrogens (tertiary/aromatic N) is 3. The van der Waals surface area contributed by atoms with Crippen molar-refractivity contribution in [3.05, 3.63) is 12.0 Å². The minimum absolute atomic E-state index is 0.329. The third-order valence-electron chi connectivity index (χ3n) is 2.88. The zero-order chi connectivity index (χ0) is 13.1. The first-order valence-electron chi connectivity index (χ1n) is 6.64. The molecule has 0 radical (unpaired) electrons. The van der Waals surface area contributed by atoms with E-state index in [0.717, 1.165) is 25.9 Å². The van der Waals surface area contributed by atoms with Gasteiger partial charge >= 0.3 is 0 Å². The molecule has 1 fully saturated rings. The Labute approximate surface area is 108 Å². The Balaban J connectivity index is 2.24. The average molecular weight is 252 g/mol. The Morgan fingerprint density at radius 3 is 2.78 bits per heavy atom. The highest BCUT2D eigenvalue weighted by Gasteiger charge is 2.32. The van der Waals surface area contributed by atoms with E-state index in [1.807, 2.05) is 6.92 Å². The molecule has 0 amide bonds. The summed E-state index contributed by atoms with van der Waals surface area (Å²) in [6.45, 7) is 7.82. The fraction of sp³-hybridized carbons (Fsp3) is 0.692. The monoisotopic (exact) mass is 252 g/mol. The molecule has 0 aliphatic heterocycles. The van der Waals surface area contributed by atoms with Gasteiger partial charge in [-0.15, -0.1) is 0 Å². The van der Waals surface area contributed by atoms with Crippen molar-refractivity contribution in [1.29, 1.82) is 0 Å². The van der Waals surface area contributed by atoms with Crippen LogP contribution in [0, 0.1) is 11.7 Å². The second-order valence-corrected chi connectivity index (χ2v) is 5.17. The van der Waals surface area contributed by atoms with Gasteiger partial charge in [-0.3, -0.25) is 0 Å². The first-order valence-corrected chi connectivity index (χ1v) is 6.64. The zero-order valence-electron chi connectivity index (χ0n) is 11.3. The summed E-state index contributed by atoms with van der Waals surface area (Å²) in [5, 5.41) is 3.03. The molecule has 100 valence electrons. The first kappa shape index (κ1) is 13.1. The van der Waals surface area contributed by atoms with Crippen LogP contribution in [0.25, 0.3) is 0 Å². The topological polar surface area (TPSA) is 41.1 Å². The third kappa shape index (κ3) is 3.09. The highest BCUT2D eigenvalue weighted by atomic mass is 19.1. The van der Waals surface area contributed by atoms with Gasteiger partial charge in [0, 0.05) is 19.1 Å². The van der Waals surface area contributed by atoms with Gasteiger partial charge in [0.2, 0.25) is 5.95 Å². The van der Waals surface area contributed by atoms with E-state index in [0.29, 0.717) is 23.7 Å². The summed E-state index contributed by atoms with van der Waals surface area (Å²) >= 11 is 0. The maximum Gasteiger partial charge on any atom is 0.224 e. The maximum absolute atomic E-state index is 13.9. The van der Waals surface area contributed by atoms with Crippen molar-refractivity contribution < 1.29 is 4.39 Å². The van der Waals surface area contributed by atoms with Gasteiger partial charge in [0.05, 0.1) is 6.20 Å².